The van der Waals surface area contributed by atoms with Gasteiger partial charge >= 0.3 is 0 Å². The van der Waals surface area contributed by atoms with Crippen LogP contribution >= 0.6 is 15.9 Å². The molecule has 21 heavy (non-hydrogen) atoms. The van der Waals surface area contributed by atoms with E-state index in [4.69, 9.17) is 0 Å². The normalized spacial score (nSPS) is 24.0. The van der Waals surface area contributed by atoms with Gasteiger partial charge in [-0.05, 0) is 55.3 Å². The van der Waals surface area contributed by atoms with Gasteiger partial charge < -0.3 is 5.32 Å². The van der Waals surface area contributed by atoms with Gasteiger partial charge in [-0.3, -0.25) is 0 Å². The number of aryl methyl sites for hydroxylation is 1. The van der Waals surface area contributed by atoms with Crippen molar-refractivity contribution in [1.29, 1.82) is 0 Å². The molecule has 0 aromatic heterocycles. The summed E-state index contributed by atoms with van der Waals surface area (Å²) in [5.74, 6) is 1.69. The molecule has 0 aliphatic heterocycles. The summed E-state index contributed by atoms with van der Waals surface area (Å²) in [5.41, 5.74) is 2.83. The predicted octanol–water partition coefficient (Wildman–Crippen LogP) is 6.01. The number of hydrogen-bond acceptors (Lipinski definition) is 1. The first-order chi connectivity index (χ1) is 10.2. The lowest BCUT2D eigenvalue weighted by Gasteiger charge is -2.38. The summed E-state index contributed by atoms with van der Waals surface area (Å²) in [6.45, 7) is 7.94. The molecule has 0 heterocycles. The van der Waals surface area contributed by atoms with Gasteiger partial charge in [-0.1, -0.05) is 67.6 Å². The van der Waals surface area contributed by atoms with Crippen LogP contribution in [0.4, 0.5) is 0 Å². The zero-order valence-corrected chi connectivity index (χ0v) is 15.4. The Morgan fingerprint density at radius 1 is 1.24 bits per heavy atom. The molecule has 1 N–H and O–H groups in total. The van der Waals surface area contributed by atoms with Crippen molar-refractivity contribution < 1.29 is 0 Å². The van der Waals surface area contributed by atoms with E-state index in [1.165, 1.54) is 54.1 Å². The molecule has 2 rings (SSSR count). The van der Waals surface area contributed by atoms with Crippen molar-refractivity contribution in [3.05, 3.63) is 33.8 Å². The van der Waals surface area contributed by atoms with Crippen LogP contribution in [-0.4, -0.2) is 6.54 Å². The monoisotopic (exact) mass is 351 g/mol. The summed E-state index contributed by atoms with van der Waals surface area (Å²) in [5, 5.41) is 3.85. The van der Waals surface area contributed by atoms with Crippen LogP contribution in [0, 0.1) is 18.8 Å². The zero-order chi connectivity index (χ0) is 15.2. The Morgan fingerprint density at radius 2 is 2.00 bits per heavy atom. The Morgan fingerprint density at radius 3 is 2.67 bits per heavy atom. The van der Waals surface area contributed by atoms with E-state index >= 15 is 0 Å². The molecule has 0 bridgehead atoms. The Balaban J connectivity index is 2.25. The molecule has 2 heteroatoms. The Hall–Kier alpha value is -0.340. The summed E-state index contributed by atoms with van der Waals surface area (Å²) in [7, 11) is 0. The maximum absolute atomic E-state index is 3.85. The molecule has 118 valence electrons. The summed E-state index contributed by atoms with van der Waals surface area (Å²) >= 11 is 3.63. The van der Waals surface area contributed by atoms with E-state index in [0.717, 1.165) is 18.4 Å². The lowest BCUT2D eigenvalue weighted by Crippen LogP contribution is -2.35. The molecular weight excluding hydrogens is 322 g/mol. The fraction of sp³-hybridized carbons (Fsp3) is 0.684. The largest absolute Gasteiger partial charge is 0.310 e. The number of nitrogens with one attached hydrogen (secondary N) is 1. The highest BCUT2D eigenvalue weighted by Gasteiger charge is 2.31. The first kappa shape index (κ1) is 17.0. The number of rotatable bonds is 6. The van der Waals surface area contributed by atoms with E-state index in [1.54, 1.807) is 0 Å². The smallest absolute Gasteiger partial charge is 0.0351 e. The molecule has 1 aliphatic carbocycles. The van der Waals surface area contributed by atoms with Crippen LogP contribution in [0.2, 0.25) is 0 Å². The van der Waals surface area contributed by atoms with Crippen molar-refractivity contribution in [3.8, 4) is 0 Å². The molecule has 0 saturated heterocycles. The molecule has 1 aliphatic rings. The molecule has 1 aromatic carbocycles. The lowest BCUT2D eigenvalue weighted by atomic mass is 9.72. The van der Waals surface area contributed by atoms with E-state index in [2.05, 4.69) is 60.2 Å². The van der Waals surface area contributed by atoms with Crippen molar-refractivity contribution in [2.24, 2.45) is 11.8 Å². The Kier molecular flexibility index (Phi) is 6.75. The van der Waals surface area contributed by atoms with E-state index in [1.807, 2.05) is 0 Å². The number of hydrogen-bond donors (Lipinski definition) is 1. The standard InChI is InChI=1S/C19H30BrN/c1-4-12-21-19(16-10-11-18(20)14(3)13-16)17-9-7-6-8-15(17)5-2/h10-11,13,15,17,19,21H,4-9,12H2,1-3H3. The van der Waals surface area contributed by atoms with Gasteiger partial charge in [-0.2, -0.15) is 0 Å². The van der Waals surface area contributed by atoms with Gasteiger partial charge in [0.2, 0.25) is 0 Å². The maximum Gasteiger partial charge on any atom is 0.0351 e. The van der Waals surface area contributed by atoms with Crippen LogP contribution in [0.5, 0.6) is 0 Å². The van der Waals surface area contributed by atoms with Gasteiger partial charge in [0, 0.05) is 10.5 Å². The average Bonchev–Trinajstić information content (AvgIpc) is 2.51. The second kappa shape index (κ2) is 8.33. The topological polar surface area (TPSA) is 12.0 Å². The zero-order valence-electron chi connectivity index (χ0n) is 13.8. The van der Waals surface area contributed by atoms with Gasteiger partial charge in [-0.25, -0.2) is 0 Å². The maximum atomic E-state index is 3.85. The first-order valence-electron chi connectivity index (χ1n) is 8.66. The quantitative estimate of drug-likeness (QED) is 0.661. The van der Waals surface area contributed by atoms with Crippen LogP contribution in [0.3, 0.4) is 0 Å². The Bertz CT molecular complexity index is 443. The molecular formula is C19H30BrN. The van der Waals surface area contributed by atoms with Crippen molar-refractivity contribution >= 4 is 15.9 Å². The van der Waals surface area contributed by atoms with E-state index < -0.39 is 0 Å². The van der Waals surface area contributed by atoms with Crippen molar-refractivity contribution in [2.75, 3.05) is 6.54 Å². The fourth-order valence-corrected chi connectivity index (χ4v) is 4.11. The van der Waals surface area contributed by atoms with Crippen LogP contribution < -0.4 is 5.32 Å². The molecule has 0 radical (unpaired) electrons. The molecule has 1 fully saturated rings. The SMILES string of the molecule is CCCNC(c1ccc(Br)c(C)c1)C1CCCCC1CC. The summed E-state index contributed by atoms with van der Waals surface area (Å²) in [4.78, 5) is 0. The van der Waals surface area contributed by atoms with Crippen LogP contribution in [-0.2, 0) is 0 Å². The lowest BCUT2D eigenvalue weighted by molar-refractivity contribution is 0.175. The number of halogens is 1. The first-order valence-corrected chi connectivity index (χ1v) is 9.46. The van der Waals surface area contributed by atoms with Gasteiger partial charge in [0.15, 0.2) is 0 Å². The predicted molar refractivity (Wildman–Crippen MR) is 95.7 cm³/mol. The van der Waals surface area contributed by atoms with Gasteiger partial charge in [0.05, 0.1) is 0 Å². The summed E-state index contributed by atoms with van der Waals surface area (Å²) < 4.78 is 1.22. The highest BCUT2D eigenvalue weighted by Crippen LogP contribution is 2.40. The third-order valence-electron chi connectivity index (χ3n) is 5.08. The number of benzene rings is 1. The van der Waals surface area contributed by atoms with Gasteiger partial charge in [0.25, 0.3) is 0 Å². The van der Waals surface area contributed by atoms with Crippen molar-refractivity contribution in [2.45, 2.75) is 65.3 Å². The molecule has 1 aromatic rings. The Labute approximate surface area is 139 Å². The minimum absolute atomic E-state index is 0.530. The molecule has 3 unspecified atom stereocenters. The minimum atomic E-state index is 0.530. The summed E-state index contributed by atoms with van der Waals surface area (Å²) in [6.07, 6.45) is 8.16. The third-order valence-corrected chi connectivity index (χ3v) is 5.97. The van der Waals surface area contributed by atoms with E-state index in [0.29, 0.717) is 6.04 Å². The van der Waals surface area contributed by atoms with E-state index in [-0.39, 0.29) is 0 Å². The summed E-state index contributed by atoms with van der Waals surface area (Å²) in [6, 6.07) is 7.43. The average molecular weight is 352 g/mol. The van der Waals surface area contributed by atoms with E-state index in [9.17, 15) is 0 Å². The minimum Gasteiger partial charge on any atom is -0.310 e. The van der Waals surface area contributed by atoms with Crippen LogP contribution in [0.25, 0.3) is 0 Å². The van der Waals surface area contributed by atoms with Crippen molar-refractivity contribution in [3.63, 3.8) is 0 Å². The fourth-order valence-electron chi connectivity index (χ4n) is 3.86. The second-order valence-corrected chi connectivity index (χ2v) is 7.41. The second-order valence-electron chi connectivity index (χ2n) is 6.56. The molecule has 0 spiro atoms. The van der Waals surface area contributed by atoms with Gasteiger partial charge in [-0.15, -0.1) is 0 Å². The van der Waals surface area contributed by atoms with Crippen LogP contribution in [0.15, 0.2) is 22.7 Å². The van der Waals surface area contributed by atoms with Gasteiger partial charge in [0.1, 0.15) is 0 Å². The highest BCUT2D eigenvalue weighted by atomic mass is 79.9. The molecule has 3 atom stereocenters. The third kappa shape index (κ3) is 4.32. The van der Waals surface area contributed by atoms with Crippen molar-refractivity contribution in [1.82, 2.24) is 5.32 Å². The molecule has 1 saturated carbocycles. The van der Waals surface area contributed by atoms with Crippen LogP contribution in [0.1, 0.15) is 69.5 Å². The highest BCUT2D eigenvalue weighted by molar-refractivity contribution is 9.10. The molecule has 0 amide bonds. The molecule has 1 nitrogen and oxygen atoms in total.